The van der Waals surface area contributed by atoms with Crippen molar-refractivity contribution in [3.63, 3.8) is 0 Å². The molecule has 3 fully saturated rings. The maximum absolute atomic E-state index is 13.5. The molecule has 7 rings (SSSR count). The molecule has 10 heteroatoms. The molecule has 0 radical (unpaired) electrons. The van der Waals surface area contributed by atoms with E-state index in [2.05, 4.69) is 68.2 Å². The molecule has 1 aromatic carbocycles. The molecule has 2 unspecified atom stereocenters. The van der Waals surface area contributed by atoms with Gasteiger partial charge in [0.1, 0.15) is 5.82 Å². The standard InChI is InChI=1S/C30H31N7O3/c1-19-13-22(34-12-11-30(2,18-34)21-7-4-3-5-8-21)16-37-27(19)32-26(33-37)28(38)35-14-20-15-36(24(20)17-35)25-10-6-9-23(31-25)29(39)40/h3-10,13,16,20,24H,11-12,14-15,17-18H2,1-2H3,(H,39,40)/t20?,24?,30-/m0/s1. The van der Waals surface area contributed by atoms with Crippen LogP contribution in [0, 0.1) is 12.8 Å². The number of aromatic nitrogens is 4. The van der Waals surface area contributed by atoms with E-state index >= 15 is 0 Å². The number of carbonyl (C=O) groups excluding carboxylic acids is 1. The molecule has 0 aliphatic carbocycles. The fourth-order valence-corrected chi connectivity index (χ4v) is 6.56. The lowest BCUT2D eigenvalue weighted by Gasteiger charge is -2.44. The largest absolute Gasteiger partial charge is 0.477 e. The van der Waals surface area contributed by atoms with Crippen LogP contribution in [0.25, 0.3) is 5.65 Å². The van der Waals surface area contributed by atoms with Crippen LogP contribution < -0.4 is 9.80 Å². The van der Waals surface area contributed by atoms with E-state index in [1.54, 1.807) is 10.6 Å². The number of benzene rings is 1. The summed E-state index contributed by atoms with van der Waals surface area (Å²) in [6.07, 6.45) is 3.05. The van der Waals surface area contributed by atoms with E-state index in [-0.39, 0.29) is 28.9 Å². The Bertz CT molecular complexity index is 1640. The minimum Gasteiger partial charge on any atom is -0.477 e. The molecule has 1 N–H and O–H groups in total. The van der Waals surface area contributed by atoms with Crippen LogP contribution in [0.1, 0.15) is 45.6 Å². The van der Waals surface area contributed by atoms with Gasteiger partial charge in [0.2, 0.25) is 5.82 Å². The zero-order valence-electron chi connectivity index (χ0n) is 22.6. The van der Waals surface area contributed by atoms with Gasteiger partial charge in [-0.25, -0.2) is 19.3 Å². The summed E-state index contributed by atoms with van der Waals surface area (Å²) in [5.74, 6) is -0.0689. The number of fused-ring (bicyclic) bond motifs is 2. The zero-order valence-corrected chi connectivity index (χ0v) is 22.6. The van der Waals surface area contributed by atoms with Crippen LogP contribution in [-0.4, -0.2) is 80.2 Å². The first-order chi connectivity index (χ1) is 19.3. The highest BCUT2D eigenvalue weighted by Gasteiger charge is 2.48. The highest BCUT2D eigenvalue weighted by Crippen LogP contribution is 2.38. The minimum absolute atomic E-state index is 0.0224. The number of likely N-dealkylation sites (tertiary alicyclic amines) is 1. The first-order valence-corrected chi connectivity index (χ1v) is 13.7. The van der Waals surface area contributed by atoms with Gasteiger partial charge in [0.25, 0.3) is 5.91 Å². The molecule has 3 aromatic heterocycles. The molecule has 0 spiro atoms. The van der Waals surface area contributed by atoms with Gasteiger partial charge in [-0.3, -0.25) is 4.79 Å². The van der Waals surface area contributed by atoms with Crippen LogP contribution in [-0.2, 0) is 5.41 Å². The van der Waals surface area contributed by atoms with Gasteiger partial charge in [0, 0.05) is 44.1 Å². The fraction of sp³-hybridized carbons (Fsp3) is 0.367. The van der Waals surface area contributed by atoms with Gasteiger partial charge in [0.05, 0.1) is 17.9 Å². The van der Waals surface area contributed by atoms with Crippen LogP contribution in [0.15, 0.2) is 60.8 Å². The number of hydrogen-bond acceptors (Lipinski definition) is 7. The third-order valence-electron chi connectivity index (χ3n) is 8.88. The zero-order chi connectivity index (χ0) is 27.6. The fourth-order valence-electron chi connectivity index (χ4n) is 6.56. The Morgan fingerprint density at radius 1 is 1.02 bits per heavy atom. The van der Waals surface area contributed by atoms with Crippen LogP contribution in [0.5, 0.6) is 0 Å². The van der Waals surface area contributed by atoms with Crippen molar-refractivity contribution in [3.8, 4) is 0 Å². The molecule has 3 atom stereocenters. The molecule has 3 aliphatic rings. The Balaban J connectivity index is 1.08. The second-order valence-electron chi connectivity index (χ2n) is 11.6. The van der Waals surface area contributed by atoms with Gasteiger partial charge >= 0.3 is 5.97 Å². The number of aromatic carboxylic acids is 1. The van der Waals surface area contributed by atoms with Crippen molar-refractivity contribution in [1.82, 2.24) is 24.5 Å². The highest BCUT2D eigenvalue weighted by molar-refractivity contribution is 5.91. The molecule has 6 heterocycles. The van der Waals surface area contributed by atoms with E-state index in [0.29, 0.717) is 30.5 Å². The Kier molecular flexibility index (Phi) is 5.55. The molecule has 40 heavy (non-hydrogen) atoms. The lowest BCUT2D eigenvalue weighted by molar-refractivity contribution is 0.0689. The van der Waals surface area contributed by atoms with Crippen molar-refractivity contribution in [3.05, 3.63) is 83.4 Å². The molecule has 3 aliphatic heterocycles. The summed E-state index contributed by atoms with van der Waals surface area (Å²) in [5.41, 5.74) is 4.22. The number of rotatable bonds is 5. The second kappa shape index (κ2) is 9.04. The van der Waals surface area contributed by atoms with Crippen molar-refractivity contribution in [2.24, 2.45) is 5.92 Å². The van der Waals surface area contributed by atoms with Crippen molar-refractivity contribution in [2.75, 3.05) is 42.5 Å². The topological polar surface area (TPSA) is 107 Å². The lowest BCUT2D eigenvalue weighted by Crippen LogP contribution is -2.56. The molecule has 3 saturated heterocycles. The maximum atomic E-state index is 13.5. The summed E-state index contributed by atoms with van der Waals surface area (Å²) in [6.45, 7) is 8.11. The van der Waals surface area contributed by atoms with Crippen molar-refractivity contribution < 1.29 is 14.7 Å². The normalized spacial score (nSPS) is 23.9. The predicted octanol–water partition coefficient (Wildman–Crippen LogP) is 3.26. The average molecular weight is 538 g/mol. The Labute approximate surface area is 231 Å². The third kappa shape index (κ3) is 3.97. The molecule has 1 amide bonds. The molecular formula is C30H31N7O3. The number of pyridine rings is 2. The number of hydrogen-bond donors (Lipinski definition) is 1. The number of aryl methyl sites for hydroxylation is 1. The van der Waals surface area contributed by atoms with Crippen LogP contribution >= 0.6 is 0 Å². The molecule has 0 bridgehead atoms. The third-order valence-corrected chi connectivity index (χ3v) is 8.88. The van der Waals surface area contributed by atoms with E-state index < -0.39 is 5.97 Å². The summed E-state index contributed by atoms with van der Waals surface area (Å²) in [6, 6.07) is 17.9. The second-order valence-corrected chi connectivity index (χ2v) is 11.6. The van der Waals surface area contributed by atoms with Crippen LogP contribution in [0.4, 0.5) is 11.5 Å². The number of nitrogens with zero attached hydrogens (tertiary/aromatic N) is 7. The summed E-state index contributed by atoms with van der Waals surface area (Å²) in [7, 11) is 0. The van der Waals surface area contributed by atoms with Gasteiger partial charge in [-0.1, -0.05) is 43.3 Å². The van der Waals surface area contributed by atoms with Gasteiger partial charge in [-0.05, 0) is 42.7 Å². The Morgan fingerprint density at radius 2 is 1.85 bits per heavy atom. The first kappa shape index (κ1) is 24.6. The first-order valence-electron chi connectivity index (χ1n) is 13.7. The monoisotopic (exact) mass is 537 g/mol. The summed E-state index contributed by atoms with van der Waals surface area (Å²) >= 11 is 0. The van der Waals surface area contributed by atoms with Gasteiger partial charge in [-0.2, -0.15) is 0 Å². The van der Waals surface area contributed by atoms with E-state index in [4.69, 9.17) is 0 Å². The van der Waals surface area contributed by atoms with E-state index in [9.17, 15) is 14.7 Å². The Morgan fingerprint density at radius 3 is 2.65 bits per heavy atom. The number of carboxylic acid groups (broad SMARTS) is 1. The Hall–Kier alpha value is -4.47. The molecule has 4 aromatic rings. The molecule has 10 nitrogen and oxygen atoms in total. The summed E-state index contributed by atoms with van der Waals surface area (Å²) in [4.78, 5) is 40.0. The van der Waals surface area contributed by atoms with Gasteiger partial charge < -0.3 is 19.8 Å². The van der Waals surface area contributed by atoms with E-state index in [1.165, 1.54) is 11.6 Å². The summed E-state index contributed by atoms with van der Waals surface area (Å²) < 4.78 is 1.74. The molecular weight excluding hydrogens is 506 g/mol. The van der Waals surface area contributed by atoms with Crippen molar-refractivity contribution in [2.45, 2.75) is 31.7 Å². The minimum atomic E-state index is -1.05. The summed E-state index contributed by atoms with van der Waals surface area (Å²) in [5, 5.41) is 13.9. The quantitative estimate of drug-likeness (QED) is 0.414. The average Bonchev–Trinajstić information content (AvgIpc) is 3.66. The number of anilines is 2. The molecule has 204 valence electrons. The van der Waals surface area contributed by atoms with Crippen molar-refractivity contribution in [1.29, 1.82) is 0 Å². The SMILES string of the molecule is Cc1cc(N2CC[C@](C)(c3ccccc3)C2)cn2nc(C(=O)N3CC4CN(c5cccc(C(=O)O)n5)C4C3)nc12. The van der Waals surface area contributed by atoms with E-state index in [1.807, 2.05) is 24.1 Å². The van der Waals surface area contributed by atoms with Crippen molar-refractivity contribution >= 4 is 29.0 Å². The lowest BCUT2D eigenvalue weighted by atomic mass is 9.82. The molecule has 0 saturated carbocycles. The predicted molar refractivity (Wildman–Crippen MR) is 150 cm³/mol. The van der Waals surface area contributed by atoms with E-state index in [0.717, 1.165) is 37.3 Å². The highest BCUT2D eigenvalue weighted by atomic mass is 16.4. The van der Waals surface area contributed by atoms with Crippen LogP contribution in [0.2, 0.25) is 0 Å². The maximum Gasteiger partial charge on any atom is 0.354 e. The number of carbonyl (C=O) groups is 2. The number of amides is 1. The van der Waals surface area contributed by atoms with Crippen LogP contribution in [0.3, 0.4) is 0 Å². The van der Waals surface area contributed by atoms with Gasteiger partial charge in [-0.15, -0.1) is 5.10 Å². The number of carboxylic acids is 1. The van der Waals surface area contributed by atoms with Gasteiger partial charge in [0.15, 0.2) is 11.3 Å². The smallest absolute Gasteiger partial charge is 0.354 e.